The Balaban J connectivity index is 1.95. The van der Waals surface area contributed by atoms with Gasteiger partial charge in [0.2, 0.25) is 0 Å². The van der Waals surface area contributed by atoms with E-state index in [9.17, 15) is 0 Å². The van der Waals surface area contributed by atoms with Crippen LogP contribution in [-0.2, 0) is 13.0 Å². The van der Waals surface area contributed by atoms with E-state index < -0.39 is 0 Å². The van der Waals surface area contributed by atoms with Gasteiger partial charge < -0.3 is 10.1 Å². The first-order chi connectivity index (χ1) is 9.69. The fraction of sp³-hybridized carbons (Fsp3) is 0.467. The highest BCUT2D eigenvalue weighted by atomic mass is 32.1. The van der Waals surface area contributed by atoms with Gasteiger partial charge in [-0.05, 0) is 30.5 Å². The smallest absolute Gasteiger partial charge is 0.299 e. The number of ether oxygens (including phenoxy) is 1. The molecule has 1 heterocycles. The van der Waals surface area contributed by atoms with Crippen LogP contribution in [0.5, 0.6) is 10.9 Å². The van der Waals surface area contributed by atoms with Crippen LogP contribution in [0.4, 0.5) is 0 Å². The molecule has 0 fully saturated rings. The fourth-order valence-electron chi connectivity index (χ4n) is 1.81. The Kier molecular flexibility index (Phi) is 5.49. The highest BCUT2D eigenvalue weighted by Gasteiger charge is 2.08. The summed E-state index contributed by atoms with van der Waals surface area (Å²) >= 11 is 1.49. The molecular formula is C15H21N3OS. The summed E-state index contributed by atoms with van der Waals surface area (Å²) in [6.45, 7) is 8.21. The van der Waals surface area contributed by atoms with Gasteiger partial charge in [-0.1, -0.05) is 55.4 Å². The van der Waals surface area contributed by atoms with Crippen LogP contribution in [-0.4, -0.2) is 16.7 Å². The van der Waals surface area contributed by atoms with Crippen LogP contribution in [0.15, 0.2) is 24.3 Å². The molecule has 4 nitrogen and oxygen atoms in total. The number of nitrogens with zero attached hydrogens (tertiary/aromatic N) is 2. The second-order valence-electron chi connectivity index (χ2n) is 5.05. The van der Waals surface area contributed by atoms with Crippen LogP contribution in [0.3, 0.4) is 0 Å². The van der Waals surface area contributed by atoms with E-state index in [2.05, 4.69) is 42.4 Å². The van der Waals surface area contributed by atoms with Gasteiger partial charge in [-0.15, -0.1) is 5.10 Å². The second kappa shape index (κ2) is 7.36. The van der Waals surface area contributed by atoms with Gasteiger partial charge in [-0.25, -0.2) is 0 Å². The molecule has 0 saturated heterocycles. The van der Waals surface area contributed by atoms with Crippen molar-refractivity contribution in [2.24, 2.45) is 5.92 Å². The maximum absolute atomic E-state index is 5.83. The molecule has 1 aromatic heterocycles. The van der Waals surface area contributed by atoms with Gasteiger partial charge in [0.1, 0.15) is 10.8 Å². The van der Waals surface area contributed by atoms with Crippen molar-refractivity contribution in [3.8, 4) is 10.9 Å². The lowest BCUT2D eigenvalue weighted by Gasteiger charge is -2.06. The first kappa shape index (κ1) is 14.9. The molecule has 0 aliphatic heterocycles. The van der Waals surface area contributed by atoms with Gasteiger partial charge in [-0.3, -0.25) is 0 Å². The highest BCUT2D eigenvalue weighted by Crippen LogP contribution is 2.27. The van der Waals surface area contributed by atoms with Crippen molar-refractivity contribution in [3.63, 3.8) is 0 Å². The SMILES string of the molecule is CCc1ccccc1Oc1nnc(CNCC(C)C)s1. The van der Waals surface area contributed by atoms with Crippen LogP contribution >= 0.6 is 11.3 Å². The number of hydrogen-bond acceptors (Lipinski definition) is 5. The Morgan fingerprint density at radius 3 is 2.80 bits per heavy atom. The zero-order valence-corrected chi connectivity index (χ0v) is 13.0. The lowest BCUT2D eigenvalue weighted by atomic mass is 10.1. The summed E-state index contributed by atoms with van der Waals surface area (Å²) < 4.78 is 5.83. The highest BCUT2D eigenvalue weighted by molar-refractivity contribution is 7.13. The molecule has 0 unspecified atom stereocenters. The largest absolute Gasteiger partial charge is 0.430 e. The molecule has 2 aromatic rings. The fourth-order valence-corrected chi connectivity index (χ4v) is 2.48. The molecule has 0 saturated carbocycles. The zero-order valence-electron chi connectivity index (χ0n) is 12.2. The van der Waals surface area contributed by atoms with Crippen LogP contribution in [0.2, 0.25) is 0 Å². The maximum Gasteiger partial charge on any atom is 0.299 e. The molecule has 0 amide bonds. The predicted molar refractivity (Wildman–Crippen MR) is 82.3 cm³/mol. The first-order valence-electron chi connectivity index (χ1n) is 6.98. The number of aromatic nitrogens is 2. The van der Waals surface area contributed by atoms with E-state index in [4.69, 9.17) is 4.74 Å². The standard InChI is InChI=1S/C15H21N3OS/c1-4-12-7-5-6-8-13(12)19-15-18-17-14(20-15)10-16-9-11(2)3/h5-8,11,16H,4,9-10H2,1-3H3. The summed E-state index contributed by atoms with van der Waals surface area (Å²) in [4.78, 5) is 0. The Labute approximate surface area is 124 Å². The van der Waals surface area contributed by atoms with Crippen LogP contribution in [0.25, 0.3) is 0 Å². The lowest BCUT2D eigenvalue weighted by Crippen LogP contribution is -2.18. The first-order valence-corrected chi connectivity index (χ1v) is 7.79. The minimum Gasteiger partial charge on any atom is -0.430 e. The molecule has 1 N–H and O–H groups in total. The minimum atomic E-state index is 0.604. The third kappa shape index (κ3) is 4.28. The zero-order chi connectivity index (χ0) is 14.4. The third-order valence-corrected chi connectivity index (χ3v) is 3.63. The van der Waals surface area contributed by atoms with Gasteiger partial charge >= 0.3 is 0 Å². The van der Waals surface area contributed by atoms with E-state index in [0.29, 0.717) is 11.1 Å². The molecule has 0 bridgehead atoms. The molecule has 0 atom stereocenters. The van der Waals surface area contributed by atoms with Crippen molar-refractivity contribution in [2.75, 3.05) is 6.54 Å². The Morgan fingerprint density at radius 2 is 2.05 bits per heavy atom. The van der Waals surface area contributed by atoms with Crippen molar-refractivity contribution < 1.29 is 4.74 Å². The molecule has 0 aliphatic rings. The number of aryl methyl sites for hydroxylation is 1. The van der Waals surface area contributed by atoms with E-state index in [1.165, 1.54) is 16.9 Å². The normalized spacial score (nSPS) is 11.0. The summed E-state index contributed by atoms with van der Waals surface area (Å²) in [5.41, 5.74) is 1.18. The minimum absolute atomic E-state index is 0.604. The summed E-state index contributed by atoms with van der Waals surface area (Å²) in [7, 11) is 0. The molecule has 5 heteroatoms. The monoisotopic (exact) mass is 291 g/mol. The average molecular weight is 291 g/mol. The Bertz CT molecular complexity index is 539. The van der Waals surface area contributed by atoms with Crippen LogP contribution in [0, 0.1) is 5.92 Å². The van der Waals surface area contributed by atoms with E-state index in [1.54, 1.807) is 0 Å². The van der Waals surface area contributed by atoms with Crippen LogP contribution < -0.4 is 10.1 Å². The summed E-state index contributed by atoms with van der Waals surface area (Å²) in [6, 6.07) is 8.03. The van der Waals surface area contributed by atoms with Crippen molar-refractivity contribution in [3.05, 3.63) is 34.8 Å². The lowest BCUT2D eigenvalue weighted by molar-refractivity contribution is 0.467. The number of rotatable bonds is 7. The quantitative estimate of drug-likeness (QED) is 0.846. The molecule has 0 spiro atoms. The summed E-state index contributed by atoms with van der Waals surface area (Å²) in [5, 5.41) is 13.1. The van der Waals surface area contributed by atoms with Crippen molar-refractivity contribution in [1.29, 1.82) is 0 Å². The Hall–Kier alpha value is -1.46. The number of nitrogens with one attached hydrogen (secondary N) is 1. The van der Waals surface area contributed by atoms with Crippen molar-refractivity contribution in [2.45, 2.75) is 33.7 Å². The summed E-state index contributed by atoms with van der Waals surface area (Å²) in [5.74, 6) is 1.50. The molecular weight excluding hydrogens is 270 g/mol. The van der Waals surface area contributed by atoms with E-state index >= 15 is 0 Å². The number of hydrogen-bond donors (Lipinski definition) is 1. The van der Waals surface area contributed by atoms with Gasteiger partial charge in [-0.2, -0.15) is 0 Å². The molecule has 1 aromatic carbocycles. The van der Waals surface area contributed by atoms with Crippen molar-refractivity contribution in [1.82, 2.24) is 15.5 Å². The van der Waals surface area contributed by atoms with E-state index in [-0.39, 0.29) is 0 Å². The van der Waals surface area contributed by atoms with Crippen LogP contribution in [0.1, 0.15) is 31.3 Å². The second-order valence-corrected chi connectivity index (χ2v) is 6.07. The molecule has 20 heavy (non-hydrogen) atoms. The molecule has 0 radical (unpaired) electrons. The van der Waals surface area contributed by atoms with Gasteiger partial charge in [0.05, 0.1) is 0 Å². The van der Waals surface area contributed by atoms with Gasteiger partial charge in [0, 0.05) is 6.54 Å². The number of para-hydroxylation sites is 1. The van der Waals surface area contributed by atoms with Gasteiger partial charge in [0.25, 0.3) is 5.19 Å². The topological polar surface area (TPSA) is 47.0 Å². The molecule has 0 aliphatic carbocycles. The third-order valence-electron chi connectivity index (χ3n) is 2.83. The van der Waals surface area contributed by atoms with E-state index in [1.807, 2.05) is 18.2 Å². The van der Waals surface area contributed by atoms with Gasteiger partial charge in [0.15, 0.2) is 0 Å². The number of benzene rings is 1. The average Bonchev–Trinajstić information content (AvgIpc) is 2.86. The van der Waals surface area contributed by atoms with E-state index in [0.717, 1.165) is 30.3 Å². The Morgan fingerprint density at radius 1 is 1.25 bits per heavy atom. The predicted octanol–water partition coefficient (Wildman–Crippen LogP) is 3.64. The van der Waals surface area contributed by atoms with Crippen molar-refractivity contribution >= 4 is 11.3 Å². The molecule has 2 rings (SSSR count). The molecule has 108 valence electrons. The summed E-state index contributed by atoms with van der Waals surface area (Å²) in [6.07, 6.45) is 0.942. The maximum atomic E-state index is 5.83.